The van der Waals surface area contributed by atoms with E-state index < -0.39 is 0 Å². The topological polar surface area (TPSA) is 35.5 Å². The molecule has 0 radical (unpaired) electrons. The van der Waals surface area contributed by atoms with Crippen LogP contribution in [0, 0.1) is 0 Å². The van der Waals surface area contributed by atoms with Gasteiger partial charge in [0.25, 0.3) is 0 Å². The highest BCUT2D eigenvalue weighted by atomic mass is 35.5. The summed E-state index contributed by atoms with van der Waals surface area (Å²) < 4.78 is 10.4. The van der Waals surface area contributed by atoms with E-state index in [1.165, 1.54) is 6.92 Å². The summed E-state index contributed by atoms with van der Waals surface area (Å²) in [5.74, 6) is 1.31. The van der Waals surface area contributed by atoms with Gasteiger partial charge in [-0.25, -0.2) is 0 Å². The van der Waals surface area contributed by atoms with E-state index in [1.807, 2.05) is 0 Å². The number of Topliss-reactive ketones (excluding diaryl/α,β-unsaturated/α-hetero) is 1. The van der Waals surface area contributed by atoms with Crippen molar-refractivity contribution in [2.24, 2.45) is 0 Å². The summed E-state index contributed by atoms with van der Waals surface area (Å²) in [4.78, 5) is 11.0. The van der Waals surface area contributed by atoms with Crippen molar-refractivity contribution < 1.29 is 14.3 Å². The second-order valence-electron chi connectivity index (χ2n) is 3.14. The van der Waals surface area contributed by atoms with Crippen LogP contribution in [0.15, 0.2) is 12.1 Å². The Hall–Kier alpha value is -1.22. The third-order valence-corrected chi connectivity index (χ3v) is 2.36. The predicted molar refractivity (Wildman–Crippen MR) is 52.0 cm³/mol. The van der Waals surface area contributed by atoms with Gasteiger partial charge in [0.1, 0.15) is 5.78 Å². The van der Waals surface area contributed by atoms with Crippen molar-refractivity contribution in [3.63, 3.8) is 0 Å². The maximum absolute atomic E-state index is 11.0. The molecule has 4 heteroatoms. The van der Waals surface area contributed by atoms with Gasteiger partial charge in [0.2, 0.25) is 6.79 Å². The summed E-state index contributed by atoms with van der Waals surface area (Å²) in [6, 6.07) is 3.46. The van der Waals surface area contributed by atoms with Crippen molar-refractivity contribution >= 4 is 17.4 Å². The number of benzene rings is 1. The van der Waals surface area contributed by atoms with Crippen LogP contribution in [0.3, 0.4) is 0 Å². The largest absolute Gasteiger partial charge is 0.454 e. The van der Waals surface area contributed by atoms with Gasteiger partial charge in [-0.15, -0.1) is 0 Å². The molecule has 0 saturated heterocycles. The van der Waals surface area contributed by atoms with E-state index in [0.29, 0.717) is 22.1 Å². The first-order chi connectivity index (χ1) is 6.68. The molecule has 1 aliphatic heterocycles. The normalized spacial score (nSPS) is 13.0. The molecule has 0 aliphatic carbocycles. The number of halogens is 1. The minimum Gasteiger partial charge on any atom is -0.454 e. The van der Waals surface area contributed by atoms with E-state index in [4.69, 9.17) is 21.1 Å². The average Bonchev–Trinajstić information content (AvgIpc) is 2.57. The molecule has 1 aromatic rings. The zero-order valence-electron chi connectivity index (χ0n) is 7.67. The van der Waals surface area contributed by atoms with E-state index >= 15 is 0 Å². The SMILES string of the molecule is CC(=O)Cc1c(Cl)ccc2c1OCO2. The van der Waals surface area contributed by atoms with Crippen LogP contribution < -0.4 is 9.47 Å². The first kappa shape index (κ1) is 9.34. The molecular weight excluding hydrogens is 204 g/mol. The third kappa shape index (κ3) is 1.55. The van der Waals surface area contributed by atoms with Gasteiger partial charge in [-0.3, -0.25) is 4.79 Å². The van der Waals surface area contributed by atoms with Gasteiger partial charge in [-0.2, -0.15) is 0 Å². The van der Waals surface area contributed by atoms with E-state index in [9.17, 15) is 4.79 Å². The van der Waals surface area contributed by atoms with E-state index in [0.717, 1.165) is 0 Å². The molecule has 0 fully saturated rings. The fourth-order valence-electron chi connectivity index (χ4n) is 1.42. The Morgan fingerprint density at radius 1 is 1.50 bits per heavy atom. The van der Waals surface area contributed by atoms with Gasteiger partial charge in [0, 0.05) is 17.0 Å². The van der Waals surface area contributed by atoms with Crippen LogP contribution in [0.4, 0.5) is 0 Å². The molecule has 14 heavy (non-hydrogen) atoms. The monoisotopic (exact) mass is 212 g/mol. The zero-order chi connectivity index (χ0) is 10.1. The van der Waals surface area contributed by atoms with Gasteiger partial charge < -0.3 is 9.47 Å². The quantitative estimate of drug-likeness (QED) is 0.754. The number of hydrogen-bond donors (Lipinski definition) is 0. The summed E-state index contributed by atoms with van der Waals surface area (Å²) in [6.45, 7) is 1.71. The Morgan fingerprint density at radius 2 is 2.29 bits per heavy atom. The summed E-state index contributed by atoms with van der Waals surface area (Å²) in [5, 5.41) is 0.546. The number of carbonyl (C=O) groups excluding carboxylic acids is 1. The molecule has 1 heterocycles. The van der Waals surface area contributed by atoms with Crippen LogP contribution in [0.5, 0.6) is 11.5 Å². The van der Waals surface area contributed by atoms with Crippen molar-refractivity contribution in [2.45, 2.75) is 13.3 Å². The fraction of sp³-hybridized carbons (Fsp3) is 0.300. The second kappa shape index (κ2) is 3.50. The number of ether oxygens (including phenoxy) is 2. The maximum Gasteiger partial charge on any atom is 0.231 e. The minimum absolute atomic E-state index is 0.0517. The van der Waals surface area contributed by atoms with Gasteiger partial charge in [-0.05, 0) is 19.1 Å². The lowest BCUT2D eigenvalue weighted by Gasteiger charge is -2.05. The Morgan fingerprint density at radius 3 is 3.00 bits per heavy atom. The summed E-state index contributed by atoms with van der Waals surface area (Å²) in [5.41, 5.74) is 0.717. The van der Waals surface area contributed by atoms with E-state index in [2.05, 4.69) is 0 Å². The molecule has 3 nitrogen and oxygen atoms in total. The molecule has 74 valence electrons. The fourth-order valence-corrected chi connectivity index (χ4v) is 1.64. The summed E-state index contributed by atoms with van der Waals surface area (Å²) in [6.07, 6.45) is 0.283. The van der Waals surface area contributed by atoms with Crippen molar-refractivity contribution in [3.8, 4) is 11.5 Å². The maximum atomic E-state index is 11.0. The zero-order valence-corrected chi connectivity index (χ0v) is 8.43. The molecule has 0 bridgehead atoms. The van der Waals surface area contributed by atoms with Crippen molar-refractivity contribution in [3.05, 3.63) is 22.7 Å². The van der Waals surface area contributed by atoms with Crippen LogP contribution in [0.1, 0.15) is 12.5 Å². The molecule has 0 spiro atoms. The van der Waals surface area contributed by atoms with Crippen molar-refractivity contribution in [1.82, 2.24) is 0 Å². The van der Waals surface area contributed by atoms with Gasteiger partial charge in [0.15, 0.2) is 11.5 Å². The van der Waals surface area contributed by atoms with E-state index in [1.54, 1.807) is 12.1 Å². The number of fused-ring (bicyclic) bond motifs is 1. The van der Waals surface area contributed by atoms with Crippen molar-refractivity contribution in [1.29, 1.82) is 0 Å². The average molecular weight is 213 g/mol. The molecule has 1 aliphatic rings. The molecule has 0 saturated carbocycles. The molecule has 0 N–H and O–H groups in total. The highest BCUT2D eigenvalue weighted by Crippen LogP contribution is 2.39. The van der Waals surface area contributed by atoms with Crippen LogP contribution in [0.2, 0.25) is 5.02 Å². The first-order valence-electron chi connectivity index (χ1n) is 4.25. The molecule has 1 aromatic carbocycles. The molecular formula is C10H9ClO3. The molecule has 0 aromatic heterocycles. The smallest absolute Gasteiger partial charge is 0.231 e. The van der Waals surface area contributed by atoms with Crippen LogP contribution in [0.25, 0.3) is 0 Å². The summed E-state index contributed by atoms with van der Waals surface area (Å²) in [7, 11) is 0. The lowest BCUT2D eigenvalue weighted by molar-refractivity contribution is -0.116. The van der Waals surface area contributed by atoms with Gasteiger partial charge in [0.05, 0.1) is 0 Å². The van der Waals surface area contributed by atoms with Crippen LogP contribution in [-0.4, -0.2) is 12.6 Å². The van der Waals surface area contributed by atoms with E-state index in [-0.39, 0.29) is 19.0 Å². The number of hydrogen-bond acceptors (Lipinski definition) is 3. The summed E-state index contributed by atoms with van der Waals surface area (Å²) >= 11 is 5.96. The third-order valence-electron chi connectivity index (χ3n) is 2.01. The van der Waals surface area contributed by atoms with Gasteiger partial charge in [-0.1, -0.05) is 11.6 Å². The lowest BCUT2D eigenvalue weighted by Crippen LogP contribution is -1.99. The number of ketones is 1. The molecule has 2 rings (SSSR count). The van der Waals surface area contributed by atoms with Crippen LogP contribution in [-0.2, 0) is 11.2 Å². The highest BCUT2D eigenvalue weighted by molar-refractivity contribution is 6.31. The number of carbonyl (C=O) groups is 1. The molecule has 0 amide bonds. The first-order valence-corrected chi connectivity index (χ1v) is 4.62. The Bertz CT molecular complexity index is 387. The van der Waals surface area contributed by atoms with Crippen LogP contribution >= 0.6 is 11.6 Å². The standard InChI is InChI=1S/C10H9ClO3/c1-6(12)4-7-8(11)2-3-9-10(7)14-5-13-9/h2-3H,4-5H2,1H3. The Labute approximate surface area is 86.6 Å². The lowest BCUT2D eigenvalue weighted by atomic mass is 10.1. The molecule has 0 atom stereocenters. The Kier molecular flexibility index (Phi) is 2.33. The molecule has 0 unspecified atom stereocenters. The predicted octanol–water partition coefficient (Wildman–Crippen LogP) is 2.20. The second-order valence-corrected chi connectivity index (χ2v) is 3.55. The van der Waals surface area contributed by atoms with Crippen molar-refractivity contribution in [2.75, 3.05) is 6.79 Å². The minimum atomic E-state index is 0.0517. The highest BCUT2D eigenvalue weighted by Gasteiger charge is 2.20. The number of rotatable bonds is 2. The Balaban J connectivity index is 2.46. The van der Waals surface area contributed by atoms with Gasteiger partial charge >= 0.3 is 0 Å².